The number of hydrogen-bond donors (Lipinski definition) is 0. The van der Waals surface area contributed by atoms with E-state index in [2.05, 4.69) is 34.1 Å². The summed E-state index contributed by atoms with van der Waals surface area (Å²) in [6.07, 6.45) is 5.25. The molecule has 0 radical (unpaired) electrons. The van der Waals surface area contributed by atoms with Gasteiger partial charge in [0, 0.05) is 50.0 Å². The van der Waals surface area contributed by atoms with Crippen LogP contribution in [0.1, 0.15) is 35.7 Å². The average molecular weight is 417 g/mol. The number of carbonyl (C=O) groups is 2. The molecule has 2 heterocycles. The molecule has 0 atom stereocenters. The van der Waals surface area contributed by atoms with Gasteiger partial charge in [-0.25, -0.2) is 9.78 Å². The minimum atomic E-state index is -0.0689. The summed E-state index contributed by atoms with van der Waals surface area (Å²) >= 11 is 0. The standard InChI is InChI=1S/C25H28N4O2/c1-19(30)21-8-10-22(11-9-21)24-17-29(18-26-24)25(31)27(2)23-12-14-28(15-13-23)16-20-6-4-3-5-7-20/h3-11,17-18,23H,12-16H2,1-2H3. The predicted octanol–water partition coefficient (Wildman–Crippen LogP) is 4.32. The fourth-order valence-corrected chi connectivity index (χ4v) is 4.10. The number of likely N-dealkylation sites (tertiary alicyclic amines) is 1. The Bertz CT molecular complexity index is 1030. The van der Waals surface area contributed by atoms with Gasteiger partial charge in [-0.3, -0.25) is 14.3 Å². The lowest BCUT2D eigenvalue weighted by molar-refractivity contribution is 0.101. The van der Waals surface area contributed by atoms with E-state index in [4.69, 9.17) is 0 Å². The Morgan fingerprint density at radius 3 is 2.35 bits per heavy atom. The molecule has 1 amide bonds. The number of piperidine rings is 1. The van der Waals surface area contributed by atoms with E-state index in [-0.39, 0.29) is 17.9 Å². The van der Waals surface area contributed by atoms with E-state index in [1.807, 2.05) is 30.1 Å². The Morgan fingerprint density at radius 2 is 1.71 bits per heavy atom. The van der Waals surface area contributed by atoms with E-state index < -0.39 is 0 Å². The lowest BCUT2D eigenvalue weighted by Gasteiger charge is -2.36. The normalized spacial score (nSPS) is 15.0. The molecule has 0 spiro atoms. The number of benzene rings is 2. The highest BCUT2D eigenvalue weighted by molar-refractivity contribution is 5.94. The van der Waals surface area contributed by atoms with Crippen molar-refractivity contribution in [1.82, 2.24) is 19.4 Å². The van der Waals surface area contributed by atoms with E-state index in [9.17, 15) is 9.59 Å². The van der Waals surface area contributed by atoms with Crippen LogP contribution < -0.4 is 0 Å². The van der Waals surface area contributed by atoms with Crippen LogP contribution in [0.5, 0.6) is 0 Å². The van der Waals surface area contributed by atoms with Crippen molar-refractivity contribution >= 4 is 11.8 Å². The Labute approximate surface area is 183 Å². The minimum absolute atomic E-state index is 0.0312. The highest BCUT2D eigenvalue weighted by atomic mass is 16.2. The quantitative estimate of drug-likeness (QED) is 0.582. The summed E-state index contributed by atoms with van der Waals surface area (Å²) in [5, 5.41) is 0. The van der Waals surface area contributed by atoms with Crippen molar-refractivity contribution in [2.75, 3.05) is 20.1 Å². The van der Waals surface area contributed by atoms with E-state index in [1.165, 1.54) is 5.56 Å². The fourth-order valence-electron chi connectivity index (χ4n) is 4.10. The SMILES string of the molecule is CC(=O)c1ccc(-c2cn(C(=O)N(C)C3CCN(Cc4ccccc4)CC3)cn2)cc1. The van der Waals surface area contributed by atoms with Crippen molar-refractivity contribution in [2.45, 2.75) is 32.4 Å². The van der Waals surface area contributed by atoms with Crippen LogP contribution in [0, 0.1) is 0 Å². The fraction of sp³-hybridized carbons (Fsp3) is 0.320. The van der Waals surface area contributed by atoms with Gasteiger partial charge in [0.1, 0.15) is 6.33 Å². The van der Waals surface area contributed by atoms with Crippen LogP contribution in [0.25, 0.3) is 11.3 Å². The second-order valence-electron chi connectivity index (χ2n) is 8.19. The van der Waals surface area contributed by atoms with E-state index >= 15 is 0 Å². The van der Waals surface area contributed by atoms with Crippen LogP contribution in [0.2, 0.25) is 0 Å². The van der Waals surface area contributed by atoms with Gasteiger partial charge in [-0.15, -0.1) is 0 Å². The first-order chi connectivity index (χ1) is 15.0. The number of rotatable bonds is 5. The van der Waals surface area contributed by atoms with Gasteiger partial charge in [0.25, 0.3) is 0 Å². The molecule has 0 N–H and O–H groups in total. The van der Waals surface area contributed by atoms with Gasteiger partial charge < -0.3 is 4.90 Å². The Hall–Kier alpha value is -3.25. The molecule has 31 heavy (non-hydrogen) atoms. The molecule has 0 aliphatic carbocycles. The number of imidazole rings is 1. The van der Waals surface area contributed by atoms with Gasteiger partial charge in [-0.05, 0) is 25.3 Å². The van der Waals surface area contributed by atoms with Crippen LogP contribution in [0.4, 0.5) is 4.79 Å². The number of carbonyl (C=O) groups excluding carboxylic acids is 2. The zero-order valence-electron chi connectivity index (χ0n) is 18.1. The lowest BCUT2D eigenvalue weighted by atomic mass is 10.0. The number of hydrogen-bond acceptors (Lipinski definition) is 4. The van der Waals surface area contributed by atoms with Crippen LogP contribution in [-0.2, 0) is 6.54 Å². The topological polar surface area (TPSA) is 58.4 Å². The summed E-state index contributed by atoms with van der Waals surface area (Å²) < 4.78 is 1.55. The van der Waals surface area contributed by atoms with Gasteiger partial charge in [-0.2, -0.15) is 0 Å². The van der Waals surface area contributed by atoms with Crippen molar-refractivity contribution < 1.29 is 9.59 Å². The molecular weight excluding hydrogens is 388 g/mol. The third-order valence-electron chi connectivity index (χ3n) is 6.05. The second kappa shape index (κ2) is 9.27. The molecule has 160 valence electrons. The lowest BCUT2D eigenvalue weighted by Crippen LogP contribution is -2.46. The third-order valence-corrected chi connectivity index (χ3v) is 6.05. The van der Waals surface area contributed by atoms with Gasteiger partial charge in [0.05, 0.1) is 5.69 Å². The van der Waals surface area contributed by atoms with Crippen LogP contribution in [-0.4, -0.2) is 57.3 Å². The number of ketones is 1. The molecule has 1 aliphatic heterocycles. The minimum Gasteiger partial charge on any atom is -0.324 e. The monoisotopic (exact) mass is 416 g/mol. The summed E-state index contributed by atoms with van der Waals surface area (Å²) in [6.45, 7) is 4.46. The first kappa shape index (κ1) is 21.0. The van der Waals surface area contributed by atoms with Gasteiger partial charge in [-0.1, -0.05) is 54.6 Å². The summed E-state index contributed by atoms with van der Waals surface area (Å²) in [5.74, 6) is 0.0312. The van der Waals surface area contributed by atoms with Crippen molar-refractivity contribution in [2.24, 2.45) is 0 Å². The zero-order valence-corrected chi connectivity index (χ0v) is 18.1. The van der Waals surface area contributed by atoms with Crippen molar-refractivity contribution in [3.8, 4) is 11.3 Å². The summed E-state index contributed by atoms with van der Waals surface area (Å²) in [6, 6.07) is 18.0. The van der Waals surface area contributed by atoms with E-state index in [0.717, 1.165) is 43.7 Å². The maximum absolute atomic E-state index is 13.0. The van der Waals surface area contributed by atoms with Crippen LogP contribution in [0.3, 0.4) is 0 Å². The van der Waals surface area contributed by atoms with E-state index in [0.29, 0.717) is 5.56 Å². The summed E-state index contributed by atoms with van der Waals surface area (Å²) in [7, 11) is 1.88. The zero-order chi connectivity index (χ0) is 21.8. The molecule has 1 fully saturated rings. The number of nitrogens with zero attached hydrogens (tertiary/aromatic N) is 4. The molecule has 6 heteroatoms. The summed E-state index contributed by atoms with van der Waals surface area (Å²) in [4.78, 5) is 33.1. The Kier molecular flexibility index (Phi) is 6.28. The smallest absolute Gasteiger partial charge is 0.324 e. The Balaban J connectivity index is 1.35. The molecule has 0 saturated carbocycles. The molecule has 3 aromatic rings. The third kappa shape index (κ3) is 4.91. The highest BCUT2D eigenvalue weighted by Crippen LogP contribution is 2.21. The van der Waals surface area contributed by atoms with E-state index in [1.54, 1.807) is 36.1 Å². The highest BCUT2D eigenvalue weighted by Gasteiger charge is 2.26. The van der Waals surface area contributed by atoms with Crippen molar-refractivity contribution in [3.05, 3.63) is 78.2 Å². The van der Waals surface area contributed by atoms with Crippen LogP contribution in [0.15, 0.2) is 67.1 Å². The molecule has 0 bridgehead atoms. The van der Waals surface area contributed by atoms with Crippen LogP contribution >= 0.6 is 0 Å². The molecular formula is C25H28N4O2. The maximum Gasteiger partial charge on any atom is 0.329 e. The average Bonchev–Trinajstić information content (AvgIpc) is 3.30. The number of aromatic nitrogens is 2. The largest absolute Gasteiger partial charge is 0.329 e. The second-order valence-corrected chi connectivity index (χ2v) is 8.19. The summed E-state index contributed by atoms with van der Waals surface area (Å²) in [5.41, 5.74) is 3.59. The Morgan fingerprint density at radius 1 is 1.03 bits per heavy atom. The molecule has 0 unspecified atom stereocenters. The molecule has 4 rings (SSSR count). The molecule has 1 aliphatic rings. The molecule has 1 saturated heterocycles. The number of Topliss-reactive ketones (excluding diaryl/α,β-unsaturated/α-hetero) is 1. The van der Waals surface area contributed by atoms with Gasteiger partial charge in [0.15, 0.2) is 5.78 Å². The molecule has 1 aromatic heterocycles. The van der Waals surface area contributed by atoms with Gasteiger partial charge in [0.2, 0.25) is 0 Å². The van der Waals surface area contributed by atoms with Crippen molar-refractivity contribution in [1.29, 1.82) is 0 Å². The molecule has 2 aromatic carbocycles. The predicted molar refractivity (Wildman–Crippen MR) is 121 cm³/mol. The first-order valence-electron chi connectivity index (χ1n) is 10.7. The molecule has 6 nitrogen and oxygen atoms in total. The van der Waals surface area contributed by atoms with Gasteiger partial charge >= 0.3 is 6.03 Å². The maximum atomic E-state index is 13.0. The first-order valence-corrected chi connectivity index (χ1v) is 10.7. The number of amides is 1. The van der Waals surface area contributed by atoms with Crippen molar-refractivity contribution in [3.63, 3.8) is 0 Å².